The molecule has 5 heteroatoms. The molecule has 1 nitrogen and oxygen atoms in total. The fourth-order valence-corrected chi connectivity index (χ4v) is 1.35. The Labute approximate surface area is 94.7 Å². The maximum Gasteiger partial charge on any atom is 0.149 e. The van der Waals surface area contributed by atoms with E-state index in [0.717, 1.165) is 30.3 Å². The number of para-hydroxylation sites is 1. The minimum absolute atomic E-state index is 0.325. The third-order valence-corrected chi connectivity index (χ3v) is 2.15. The van der Waals surface area contributed by atoms with Gasteiger partial charge in [-0.05, 0) is 24.3 Å². The van der Waals surface area contributed by atoms with Crippen LogP contribution in [0.3, 0.4) is 0 Å². The zero-order valence-electron chi connectivity index (χ0n) is 8.48. The normalized spacial score (nSPS) is 10.4. The second-order valence-electron chi connectivity index (χ2n) is 3.35. The van der Waals surface area contributed by atoms with Crippen molar-refractivity contribution in [2.45, 2.75) is 0 Å². The molecule has 0 bridgehead atoms. The van der Waals surface area contributed by atoms with Gasteiger partial charge in [0.15, 0.2) is 0 Å². The Bertz CT molecular complexity index is 534. The van der Waals surface area contributed by atoms with Crippen LogP contribution >= 0.6 is 0 Å². The minimum atomic E-state index is -0.881. The van der Waals surface area contributed by atoms with E-state index in [1.807, 2.05) is 0 Å². The first-order valence-corrected chi connectivity index (χ1v) is 4.74. The lowest BCUT2D eigenvalue weighted by Crippen LogP contribution is -1.99. The van der Waals surface area contributed by atoms with Crippen molar-refractivity contribution in [3.63, 3.8) is 0 Å². The van der Waals surface area contributed by atoms with Crippen LogP contribution < -0.4 is 5.32 Å². The summed E-state index contributed by atoms with van der Waals surface area (Å²) in [5.74, 6) is -3.26. The summed E-state index contributed by atoms with van der Waals surface area (Å²) in [4.78, 5) is 0. The van der Waals surface area contributed by atoms with E-state index in [1.54, 1.807) is 0 Å². The smallest absolute Gasteiger partial charge is 0.149 e. The first-order chi connectivity index (χ1) is 8.08. The van der Waals surface area contributed by atoms with Crippen LogP contribution in [-0.4, -0.2) is 0 Å². The Balaban J connectivity index is 2.41. The number of hydrogen-bond acceptors (Lipinski definition) is 1. The second-order valence-corrected chi connectivity index (χ2v) is 3.35. The van der Waals surface area contributed by atoms with Crippen LogP contribution in [0.4, 0.5) is 28.9 Å². The van der Waals surface area contributed by atoms with Crippen molar-refractivity contribution in [3.8, 4) is 0 Å². The Morgan fingerprint density at radius 3 is 2.06 bits per heavy atom. The fraction of sp³-hybridized carbons (Fsp3) is 0. The standard InChI is InChI=1S/C12H7F4N/c13-7-4-5-8(14)11(6-7)17-12-9(15)2-1-3-10(12)16/h1-6,17H. The molecular formula is C12H7F4N. The lowest BCUT2D eigenvalue weighted by atomic mass is 10.2. The number of halogens is 4. The average Bonchev–Trinajstić information content (AvgIpc) is 2.28. The summed E-state index contributed by atoms with van der Waals surface area (Å²) < 4.78 is 52.6. The van der Waals surface area contributed by atoms with E-state index in [9.17, 15) is 17.6 Å². The van der Waals surface area contributed by atoms with Crippen LogP contribution in [0.15, 0.2) is 36.4 Å². The van der Waals surface area contributed by atoms with Crippen LogP contribution in [0, 0.1) is 23.3 Å². The fourth-order valence-electron chi connectivity index (χ4n) is 1.35. The molecule has 17 heavy (non-hydrogen) atoms. The van der Waals surface area contributed by atoms with Gasteiger partial charge in [-0.15, -0.1) is 0 Å². The Morgan fingerprint density at radius 2 is 1.41 bits per heavy atom. The van der Waals surface area contributed by atoms with E-state index in [0.29, 0.717) is 0 Å². The summed E-state index contributed by atoms with van der Waals surface area (Å²) in [5.41, 5.74) is -0.842. The highest BCUT2D eigenvalue weighted by Gasteiger charge is 2.11. The van der Waals surface area contributed by atoms with Crippen molar-refractivity contribution in [2.75, 3.05) is 5.32 Å². The van der Waals surface area contributed by atoms with Gasteiger partial charge in [-0.3, -0.25) is 0 Å². The molecule has 0 aliphatic heterocycles. The maximum atomic E-state index is 13.2. The summed E-state index contributed by atoms with van der Waals surface area (Å²) in [7, 11) is 0. The van der Waals surface area contributed by atoms with Crippen molar-refractivity contribution in [1.29, 1.82) is 0 Å². The molecule has 0 unspecified atom stereocenters. The van der Waals surface area contributed by atoms with Gasteiger partial charge in [-0.25, -0.2) is 17.6 Å². The van der Waals surface area contributed by atoms with Gasteiger partial charge in [0, 0.05) is 6.07 Å². The number of rotatable bonds is 2. The van der Waals surface area contributed by atoms with Crippen molar-refractivity contribution < 1.29 is 17.6 Å². The highest BCUT2D eigenvalue weighted by molar-refractivity contribution is 5.61. The quantitative estimate of drug-likeness (QED) is 0.784. The molecule has 0 aliphatic carbocycles. The van der Waals surface area contributed by atoms with Crippen molar-refractivity contribution in [3.05, 3.63) is 59.7 Å². The topological polar surface area (TPSA) is 12.0 Å². The molecule has 88 valence electrons. The average molecular weight is 241 g/mol. The predicted molar refractivity (Wildman–Crippen MR) is 56.0 cm³/mol. The molecule has 0 radical (unpaired) electrons. The molecule has 2 aromatic rings. The molecule has 2 aromatic carbocycles. The lowest BCUT2D eigenvalue weighted by Gasteiger charge is -2.09. The molecule has 0 saturated carbocycles. The predicted octanol–water partition coefficient (Wildman–Crippen LogP) is 3.99. The minimum Gasteiger partial charge on any atom is -0.348 e. The van der Waals surface area contributed by atoms with E-state index in [4.69, 9.17) is 0 Å². The Morgan fingerprint density at radius 1 is 0.765 bits per heavy atom. The van der Waals surface area contributed by atoms with E-state index < -0.39 is 29.0 Å². The molecule has 2 rings (SSSR count). The van der Waals surface area contributed by atoms with Gasteiger partial charge < -0.3 is 5.32 Å². The molecule has 0 amide bonds. The molecule has 0 atom stereocenters. The zero-order valence-corrected chi connectivity index (χ0v) is 8.48. The first kappa shape index (κ1) is 11.4. The van der Waals surface area contributed by atoms with Crippen LogP contribution in [0.1, 0.15) is 0 Å². The third-order valence-electron chi connectivity index (χ3n) is 2.15. The Kier molecular flexibility index (Phi) is 2.99. The summed E-state index contributed by atoms with van der Waals surface area (Å²) >= 11 is 0. The first-order valence-electron chi connectivity index (χ1n) is 4.74. The molecule has 0 aliphatic rings. The molecule has 0 aromatic heterocycles. The summed E-state index contributed by atoms with van der Waals surface area (Å²) in [6, 6.07) is 5.82. The van der Waals surface area contributed by atoms with Crippen LogP contribution in [0.2, 0.25) is 0 Å². The van der Waals surface area contributed by atoms with Crippen molar-refractivity contribution in [2.24, 2.45) is 0 Å². The van der Waals surface area contributed by atoms with Gasteiger partial charge in [0.05, 0.1) is 5.69 Å². The summed E-state index contributed by atoms with van der Waals surface area (Å²) in [6.45, 7) is 0. The van der Waals surface area contributed by atoms with Gasteiger partial charge in [-0.1, -0.05) is 6.07 Å². The molecule has 0 spiro atoms. The Hall–Kier alpha value is -2.04. The molecule has 1 N–H and O–H groups in total. The number of nitrogens with one attached hydrogen (secondary N) is 1. The van der Waals surface area contributed by atoms with Gasteiger partial charge >= 0.3 is 0 Å². The van der Waals surface area contributed by atoms with Crippen LogP contribution in [0.5, 0.6) is 0 Å². The van der Waals surface area contributed by atoms with E-state index >= 15 is 0 Å². The van der Waals surface area contributed by atoms with Crippen molar-refractivity contribution >= 4 is 11.4 Å². The van der Waals surface area contributed by atoms with E-state index in [-0.39, 0.29) is 5.69 Å². The van der Waals surface area contributed by atoms with Gasteiger partial charge in [-0.2, -0.15) is 0 Å². The second kappa shape index (κ2) is 4.45. The number of anilines is 2. The molecular weight excluding hydrogens is 234 g/mol. The lowest BCUT2D eigenvalue weighted by molar-refractivity contribution is 0.587. The summed E-state index contributed by atoms with van der Waals surface area (Å²) in [5, 5.41) is 2.18. The highest BCUT2D eigenvalue weighted by atomic mass is 19.1. The third kappa shape index (κ3) is 2.38. The van der Waals surface area contributed by atoms with Gasteiger partial charge in [0.2, 0.25) is 0 Å². The summed E-state index contributed by atoms with van der Waals surface area (Å²) in [6.07, 6.45) is 0. The molecule has 0 saturated heterocycles. The number of benzene rings is 2. The van der Waals surface area contributed by atoms with Gasteiger partial charge in [0.25, 0.3) is 0 Å². The van der Waals surface area contributed by atoms with E-state index in [1.165, 1.54) is 6.07 Å². The van der Waals surface area contributed by atoms with Crippen molar-refractivity contribution in [1.82, 2.24) is 0 Å². The maximum absolute atomic E-state index is 13.2. The van der Waals surface area contributed by atoms with Crippen LogP contribution in [0.25, 0.3) is 0 Å². The van der Waals surface area contributed by atoms with Gasteiger partial charge in [0.1, 0.15) is 29.0 Å². The largest absolute Gasteiger partial charge is 0.348 e. The zero-order chi connectivity index (χ0) is 12.4. The SMILES string of the molecule is Fc1ccc(F)c(Nc2c(F)cccc2F)c1. The monoisotopic (exact) mass is 241 g/mol. The molecule has 0 heterocycles. The number of hydrogen-bond donors (Lipinski definition) is 1. The van der Waals surface area contributed by atoms with Crippen LogP contribution in [-0.2, 0) is 0 Å². The highest BCUT2D eigenvalue weighted by Crippen LogP contribution is 2.25. The van der Waals surface area contributed by atoms with E-state index in [2.05, 4.69) is 5.32 Å². The molecule has 0 fully saturated rings.